The molecule has 3 rings (SSSR count). The summed E-state index contributed by atoms with van der Waals surface area (Å²) in [5.41, 5.74) is 9.73. The van der Waals surface area contributed by atoms with Gasteiger partial charge < -0.3 is 15.6 Å². The average molecular weight is 389 g/mol. The molecule has 0 unspecified atom stereocenters. The lowest BCUT2D eigenvalue weighted by atomic mass is 10.1. The fraction of sp³-hybridized carbons (Fsp3) is 0.136. The first-order valence-corrected chi connectivity index (χ1v) is 9.13. The molecule has 3 aromatic rings. The molecule has 0 atom stereocenters. The molecule has 0 saturated heterocycles. The van der Waals surface area contributed by atoms with Crippen LogP contribution in [0.5, 0.6) is 0 Å². The van der Waals surface area contributed by atoms with Crippen molar-refractivity contribution in [2.75, 3.05) is 5.73 Å². The molecule has 0 fully saturated rings. The van der Waals surface area contributed by atoms with Gasteiger partial charge in [-0.1, -0.05) is 30.9 Å². The number of H-pyrrole nitrogens is 1. The Bertz CT molecular complexity index is 1200. The van der Waals surface area contributed by atoms with Gasteiger partial charge in [0.05, 0.1) is 12.1 Å². The Kier molecular flexibility index (Phi) is 5.78. The van der Waals surface area contributed by atoms with Crippen molar-refractivity contribution in [3.05, 3.63) is 83.0 Å². The molecule has 0 bridgehead atoms. The van der Waals surface area contributed by atoms with Crippen LogP contribution in [-0.4, -0.2) is 20.7 Å². The molecule has 0 radical (unpaired) electrons. The van der Waals surface area contributed by atoms with Crippen LogP contribution in [-0.2, 0) is 11.3 Å². The van der Waals surface area contributed by atoms with Crippen molar-refractivity contribution in [1.82, 2.24) is 20.1 Å². The summed E-state index contributed by atoms with van der Waals surface area (Å²) in [6.07, 6.45) is 7.00. The summed E-state index contributed by atoms with van der Waals surface area (Å²) in [7, 11) is 0. The minimum Gasteiger partial charge on any atom is -0.382 e. The number of amides is 1. The molecule has 0 spiro atoms. The Morgan fingerprint density at radius 2 is 2.07 bits per heavy atom. The maximum atomic E-state index is 12.5. The van der Waals surface area contributed by atoms with Crippen LogP contribution in [0.1, 0.15) is 13.8 Å². The fourth-order valence-corrected chi connectivity index (χ4v) is 3.13. The molecule has 148 valence electrons. The second kappa shape index (κ2) is 8.43. The van der Waals surface area contributed by atoms with E-state index in [-0.39, 0.29) is 18.0 Å². The number of allylic oxidation sites excluding steroid dienone is 4. The van der Waals surface area contributed by atoms with Crippen molar-refractivity contribution in [3.63, 3.8) is 0 Å². The summed E-state index contributed by atoms with van der Waals surface area (Å²) in [6, 6.07) is 9.09. The zero-order valence-electron chi connectivity index (χ0n) is 16.4. The number of aromatic nitrogens is 3. The molecule has 1 amide bonds. The molecule has 2 aromatic heterocycles. The molecule has 1 aromatic carbocycles. The SMILES string of the molecule is C=C/C=C(Cn1cc(-c2ccc3c(N)n[nH]c3c2)ccc1=O)\C(=C/C)NC(C)=O. The number of carbonyl (C=O) groups is 1. The zero-order chi connectivity index (χ0) is 21.0. The molecule has 2 heterocycles. The standard InChI is InChI=1S/C22H23N5O2/c1-4-6-17(19(5-2)24-14(3)28)13-27-12-16(8-10-21(27)29)15-7-9-18-20(11-15)25-26-22(18)23/h4-12H,1,13H2,2-3H3,(H,24,28)(H3,23,25,26)/b17-6-,19-5+. The van der Waals surface area contributed by atoms with E-state index in [9.17, 15) is 9.59 Å². The topological polar surface area (TPSA) is 106 Å². The van der Waals surface area contributed by atoms with Gasteiger partial charge in [0.15, 0.2) is 5.82 Å². The first kappa shape index (κ1) is 19.9. The second-order valence-corrected chi connectivity index (χ2v) is 6.56. The van der Waals surface area contributed by atoms with Crippen LogP contribution >= 0.6 is 0 Å². The van der Waals surface area contributed by atoms with Crippen LogP contribution in [0.2, 0.25) is 0 Å². The smallest absolute Gasteiger partial charge is 0.250 e. The van der Waals surface area contributed by atoms with Gasteiger partial charge in [0.25, 0.3) is 5.56 Å². The van der Waals surface area contributed by atoms with E-state index in [1.165, 1.54) is 13.0 Å². The predicted molar refractivity (Wildman–Crippen MR) is 116 cm³/mol. The quantitative estimate of drug-likeness (QED) is 0.563. The lowest BCUT2D eigenvalue weighted by molar-refractivity contribution is -0.118. The van der Waals surface area contributed by atoms with Gasteiger partial charge in [0, 0.05) is 30.3 Å². The van der Waals surface area contributed by atoms with E-state index in [2.05, 4.69) is 22.1 Å². The van der Waals surface area contributed by atoms with Gasteiger partial charge in [-0.05, 0) is 41.8 Å². The number of nitrogen functional groups attached to an aromatic ring is 1. The van der Waals surface area contributed by atoms with Crippen LogP contribution in [0, 0.1) is 0 Å². The van der Waals surface area contributed by atoms with Crippen molar-refractivity contribution in [2.45, 2.75) is 20.4 Å². The molecule has 0 aliphatic rings. The zero-order valence-corrected chi connectivity index (χ0v) is 16.4. The summed E-state index contributed by atoms with van der Waals surface area (Å²) in [5, 5.41) is 10.6. The second-order valence-electron chi connectivity index (χ2n) is 6.56. The van der Waals surface area contributed by atoms with E-state index < -0.39 is 0 Å². The molecular weight excluding hydrogens is 366 g/mol. The monoisotopic (exact) mass is 389 g/mol. The molecular formula is C22H23N5O2. The summed E-state index contributed by atoms with van der Waals surface area (Å²) < 4.78 is 1.60. The van der Waals surface area contributed by atoms with Gasteiger partial charge in [-0.2, -0.15) is 5.10 Å². The van der Waals surface area contributed by atoms with Gasteiger partial charge in [0.2, 0.25) is 5.91 Å². The number of anilines is 1. The maximum absolute atomic E-state index is 12.5. The summed E-state index contributed by atoms with van der Waals surface area (Å²) >= 11 is 0. The van der Waals surface area contributed by atoms with E-state index in [0.29, 0.717) is 11.5 Å². The van der Waals surface area contributed by atoms with Crippen molar-refractivity contribution in [1.29, 1.82) is 0 Å². The normalized spacial score (nSPS) is 12.2. The number of nitrogens with two attached hydrogens (primary N) is 1. The number of hydrogen-bond acceptors (Lipinski definition) is 4. The Balaban J connectivity index is 1.99. The molecule has 0 saturated carbocycles. The van der Waals surface area contributed by atoms with Crippen molar-refractivity contribution < 1.29 is 4.79 Å². The fourth-order valence-electron chi connectivity index (χ4n) is 3.13. The summed E-state index contributed by atoms with van der Waals surface area (Å²) in [5.74, 6) is 0.272. The third kappa shape index (κ3) is 4.35. The number of nitrogens with one attached hydrogen (secondary N) is 2. The Morgan fingerprint density at radius 1 is 1.31 bits per heavy atom. The lowest BCUT2D eigenvalue weighted by Crippen LogP contribution is -2.25. The molecule has 0 aliphatic heterocycles. The van der Waals surface area contributed by atoms with E-state index >= 15 is 0 Å². The molecule has 7 heteroatoms. The van der Waals surface area contributed by atoms with E-state index in [1.807, 2.05) is 25.1 Å². The lowest BCUT2D eigenvalue weighted by Gasteiger charge is -2.15. The van der Waals surface area contributed by atoms with Gasteiger partial charge in [-0.15, -0.1) is 0 Å². The highest BCUT2D eigenvalue weighted by Crippen LogP contribution is 2.25. The van der Waals surface area contributed by atoms with E-state index in [4.69, 9.17) is 5.73 Å². The predicted octanol–water partition coefficient (Wildman–Crippen LogP) is 3.13. The van der Waals surface area contributed by atoms with Gasteiger partial charge >= 0.3 is 0 Å². The molecule has 29 heavy (non-hydrogen) atoms. The largest absolute Gasteiger partial charge is 0.382 e. The molecule has 0 aliphatic carbocycles. The number of fused-ring (bicyclic) bond motifs is 1. The number of benzene rings is 1. The van der Waals surface area contributed by atoms with Crippen LogP contribution in [0.25, 0.3) is 22.0 Å². The van der Waals surface area contributed by atoms with Crippen molar-refractivity contribution in [3.8, 4) is 11.1 Å². The molecule has 4 N–H and O–H groups in total. The third-order valence-electron chi connectivity index (χ3n) is 4.51. The van der Waals surface area contributed by atoms with Crippen molar-refractivity contribution >= 4 is 22.6 Å². The van der Waals surface area contributed by atoms with E-state index in [1.54, 1.807) is 35.1 Å². The number of carbonyl (C=O) groups excluding carboxylic acids is 1. The number of aromatic amines is 1. The number of hydrogen-bond donors (Lipinski definition) is 3. The Morgan fingerprint density at radius 3 is 2.76 bits per heavy atom. The highest BCUT2D eigenvalue weighted by atomic mass is 16.1. The summed E-state index contributed by atoms with van der Waals surface area (Å²) in [6.45, 7) is 7.29. The van der Waals surface area contributed by atoms with Gasteiger partial charge in [-0.25, -0.2) is 0 Å². The minimum atomic E-state index is -0.179. The minimum absolute atomic E-state index is 0.145. The maximum Gasteiger partial charge on any atom is 0.250 e. The Hall–Kier alpha value is -3.87. The van der Waals surface area contributed by atoms with Crippen LogP contribution in [0.3, 0.4) is 0 Å². The highest BCUT2D eigenvalue weighted by molar-refractivity contribution is 5.91. The van der Waals surface area contributed by atoms with Crippen LogP contribution in [0.4, 0.5) is 5.82 Å². The average Bonchev–Trinajstić information content (AvgIpc) is 3.07. The number of pyridine rings is 1. The van der Waals surface area contributed by atoms with Crippen molar-refractivity contribution in [2.24, 2.45) is 0 Å². The number of rotatable bonds is 6. The summed E-state index contributed by atoms with van der Waals surface area (Å²) in [4.78, 5) is 24.0. The number of nitrogens with zero attached hydrogens (tertiary/aromatic N) is 2. The van der Waals surface area contributed by atoms with Gasteiger partial charge in [-0.3, -0.25) is 14.7 Å². The van der Waals surface area contributed by atoms with Crippen LogP contribution < -0.4 is 16.6 Å². The van der Waals surface area contributed by atoms with Crippen LogP contribution in [0.15, 0.2) is 77.4 Å². The molecule has 7 nitrogen and oxygen atoms in total. The van der Waals surface area contributed by atoms with E-state index in [0.717, 1.165) is 27.6 Å². The highest BCUT2D eigenvalue weighted by Gasteiger charge is 2.10. The first-order chi connectivity index (χ1) is 13.9. The Labute approximate surface area is 168 Å². The van der Waals surface area contributed by atoms with Gasteiger partial charge in [0.1, 0.15) is 0 Å². The first-order valence-electron chi connectivity index (χ1n) is 9.13. The third-order valence-corrected chi connectivity index (χ3v) is 4.51.